The quantitative estimate of drug-likeness (QED) is 0.310. The van der Waals surface area contributed by atoms with E-state index in [4.69, 9.17) is 9.15 Å². The van der Waals surface area contributed by atoms with Crippen LogP contribution in [-0.4, -0.2) is 25.5 Å². The first-order valence-electron chi connectivity index (χ1n) is 9.79. The second-order valence-corrected chi connectivity index (χ2v) is 8.79. The third kappa shape index (κ3) is 5.27. The van der Waals surface area contributed by atoms with E-state index in [0.29, 0.717) is 29.6 Å². The highest BCUT2D eigenvalue weighted by Crippen LogP contribution is 2.32. The number of aryl methyl sites for hydroxylation is 1. The van der Waals surface area contributed by atoms with Crippen LogP contribution in [0.4, 0.5) is 11.7 Å². The Labute approximate surface area is 191 Å². The number of nitrogens with one attached hydrogen (secondary N) is 2. The molecule has 0 radical (unpaired) electrons. The molecule has 2 aromatic carbocycles. The zero-order valence-electron chi connectivity index (χ0n) is 17.4. The molecule has 166 valence electrons. The number of benzene rings is 2. The van der Waals surface area contributed by atoms with Crippen molar-refractivity contribution in [3.8, 4) is 17.1 Å². The molecule has 10 heteroatoms. The van der Waals surface area contributed by atoms with Crippen LogP contribution in [0.3, 0.4) is 0 Å². The molecule has 0 aliphatic carbocycles. The van der Waals surface area contributed by atoms with E-state index in [0.717, 1.165) is 21.8 Å². The van der Waals surface area contributed by atoms with Gasteiger partial charge < -0.3 is 14.5 Å². The SMILES string of the molecule is COc1ccccc1-c1cnc(N[C@@H](Cc2ccc(N[SH](=O)=O)cc2)c2csc(C)n2)o1. The molecule has 4 aromatic rings. The Morgan fingerprint density at radius 3 is 2.62 bits per heavy atom. The normalized spacial score (nSPS) is 12.0. The molecular formula is C22H22N4O4S2. The number of anilines is 2. The maximum Gasteiger partial charge on any atom is 0.295 e. The van der Waals surface area contributed by atoms with Gasteiger partial charge in [-0.1, -0.05) is 24.3 Å². The second-order valence-electron chi connectivity index (χ2n) is 6.99. The van der Waals surface area contributed by atoms with E-state index in [1.54, 1.807) is 36.8 Å². The summed E-state index contributed by atoms with van der Waals surface area (Å²) in [6.07, 6.45) is 2.27. The van der Waals surface area contributed by atoms with Crippen LogP contribution in [-0.2, 0) is 17.3 Å². The molecule has 0 spiro atoms. The molecule has 0 saturated carbocycles. The molecule has 4 rings (SSSR count). The summed E-state index contributed by atoms with van der Waals surface area (Å²) in [6.45, 7) is 1.96. The summed E-state index contributed by atoms with van der Waals surface area (Å²) in [5.41, 5.74) is 3.23. The van der Waals surface area contributed by atoms with Gasteiger partial charge in [0, 0.05) is 11.1 Å². The zero-order chi connectivity index (χ0) is 22.5. The molecular weight excluding hydrogens is 448 g/mol. The Hall–Kier alpha value is -3.37. The third-order valence-corrected chi connectivity index (χ3v) is 6.02. The van der Waals surface area contributed by atoms with E-state index in [2.05, 4.69) is 20.0 Å². The van der Waals surface area contributed by atoms with Crippen molar-refractivity contribution in [3.63, 3.8) is 0 Å². The Bertz CT molecular complexity index is 1260. The van der Waals surface area contributed by atoms with E-state index in [1.807, 2.05) is 48.7 Å². The van der Waals surface area contributed by atoms with Crippen molar-refractivity contribution in [3.05, 3.63) is 76.4 Å². The highest BCUT2D eigenvalue weighted by Gasteiger charge is 2.19. The van der Waals surface area contributed by atoms with Gasteiger partial charge >= 0.3 is 0 Å². The van der Waals surface area contributed by atoms with Gasteiger partial charge in [0.25, 0.3) is 6.01 Å². The number of para-hydroxylation sites is 1. The summed E-state index contributed by atoms with van der Waals surface area (Å²) in [7, 11) is -1.08. The maximum absolute atomic E-state index is 10.9. The van der Waals surface area contributed by atoms with Gasteiger partial charge in [0.2, 0.25) is 10.9 Å². The Kier molecular flexibility index (Phi) is 6.72. The van der Waals surface area contributed by atoms with Crippen LogP contribution in [0, 0.1) is 6.92 Å². The average molecular weight is 471 g/mol. The lowest BCUT2D eigenvalue weighted by Crippen LogP contribution is -2.14. The van der Waals surface area contributed by atoms with Gasteiger partial charge in [0.1, 0.15) is 5.75 Å². The number of oxazole rings is 1. The molecule has 2 heterocycles. The monoisotopic (exact) mass is 470 g/mol. The summed E-state index contributed by atoms with van der Waals surface area (Å²) in [5.74, 6) is 1.30. The Balaban J connectivity index is 1.56. The molecule has 0 aliphatic rings. The minimum absolute atomic E-state index is 0.181. The molecule has 0 aliphatic heterocycles. The summed E-state index contributed by atoms with van der Waals surface area (Å²) in [4.78, 5) is 9.02. The van der Waals surface area contributed by atoms with Gasteiger partial charge in [-0.25, -0.2) is 18.4 Å². The van der Waals surface area contributed by atoms with E-state index in [-0.39, 0.29) is 6.04 Å². The summed E-state index contributed by atoms with van der Waals surface area (Å²) in [5, 5.41) is 6.32. The van der Waals surface area contributed by atoms with Gasteiger partial charge in [-0.3, -0.25) is 4.72 Å². The molecule has 0 bridgehead atoms. The number of ether oxygens (including phenoxy) is 1. The summed E-state index contributed by atoms with van der Waals surface area (Å²) in [6, 6.07) is 15.0. The molecule has 0 unspecified atom stereocenters. The minimum Gasteiger partial charge on any atom is -0.496 e. The predicted octanol–water partition coefficient (Wildman–Crippen LogP) is 4.45. The molecule has 0 amide bonds. The molecule has 8 nitrogen and oxygen atoms in total. The van der Waals surface area contributed by atoms with E-state index >= 15 is 0 Å². The molecule has 32 heavy (non-hydrogen) atoms. The predicted molar refractivity (Wildman–Crippen MR) is 126 cm³/mol. The van der Waals surface area contributed by atoms with Crippen molar-refractivity contribution >= 4 is 33.9 Å². The van der Waals surface area contributed by atoms with Crippen LogP contribution in [0.1, 0.15) is 22.3 Å². The fraction of sp³-hybridized carbons (Fsp3) is 0.182. The first-order valence-corrected chi connectivity index (χ1v) is 11.9. The van der Waals surface area contributed by atoms with E-state index in [9.17, 15) is 8.42 Å². The molecule has 1 atom stereocenters. The van der Waals surface area contributed by atoms with Crippen molar-refractivity contribution in [2.75, 3.05) is 17.1 Å². The first-order chi connectivity index (χ1) is 15.5. The number of thiol groups is 1. The van der Waals surface area contributed by atoms with Gasteiger partial charge in [0.05, 0.1) is 35.6 Å². The van der Waals surface area contributed by atoms with Gasteiger partial charge in [0.15, 0.2) is 5.76 Å². The van der Waals surface area contributed by atoms with E-state index < -0.39 is 10.9 Å². The van der Waals surface area contributed by atoms with Crippen molar-refractivity contribution in [2.24, 2.45) is 0 Å². The minimum atomic E-state index is -2.69. The van der Waals surface area contributed by atoms with Gasteiger partial charge in [-0.2, -0.15) is 0 Å². The van der Waals surface area contributed by atoms with Gasteiger partial charge in [-0.15, -0.1) is 11.3 Å². The Morgan fingerprint density at radius 1 is 1.16 bits per heavy atom. The third-order valence-electron chi connectivity index (χ3n) is 4.78. The Morgan fingerprint density at radius 2 is 1.94 bits per heavy atom. The van der Waals surface area contributed by atoms with Crippen LogP contribution in [0.25, 0.3) is 11.3 Å². The topological polar surface area (TPSA) is 106 Å². The van der Waals surface area contributed by atoms with Crippen LogP contribution in [0.15, 0.2) is 64.5 Å². The smallest absolute Gasteiger partial charge is 0.295 e. The standard InChI is InChI=1S/C22H22N4O4S2/c1-14-24-19(13-31-14)18(11-15-7-9-16(10-8-15)26-32(27)28)25-22-23-12-21(30-22)17-5-3-4-6-20(17)29-2/h3-10,12-13,18,32H,11H2,1-2H3,(H,23,25)(H,26,27,28)/t18-/m0/s1. The largest absolute Gasteiger partial charge is 0.496 e. The fourth-order valence-corrected chi connectivity index (χ4v) is 4.32. The number of hydrogen-bond donors (Lipinski definition) is 3. The lowest BCUT2D eigenvalue weighted by molar-refractivity contribution is 0.414. The lowest BCUT2D eigenvalue weighted by atomic mass is 10.0. The fourth-order valence-electron chi connectivity index (χ4n) is 3.29. The number of hydrogen-bond acceptors (Lipinski definition) is 8. The van der Waals surface area contributed by atoms with Crippen molar-refractivity contribution in [1.82, 2.24) is 9.97 Å². The van der Waals surface area contributed by atoms with Crippen molar-refractivity contribution in [1.29, 1.82) is 0 Å². The van der Waals surface area contributed by atoms with Crippen molar-refractivity contribution < 1.29 is 17.6 Å². The number of methoxy groups -OCH3 is 1. The van der Waals surface area contributed by atoms with Crippen LogP contribution in [0.2, 0.25) is 0 Å². The molecule has 0 fully saturated rings. The molecule has 2 N–H and O–H groups in total. The van der Waals surface area contributed by atoms with Crippen LogP contribution < -0.4 is 14.8 Å². The lowest BCUT2D eigenvalue weighted by Gasteiger charge is -2.16. The molecule has 0 saturated heterocycles. The highest BCUT2D eigenvalue weighted by atomic mass is 32.2. The maximum atomic E-state index is 10.9. The first kappa shape index (κ1) is 21.8. The zero-order valence-corrected chi connectivity index (χ0v) is 19.2. The number of aromatic nitrogens is 2. The summed E-state index contributed by atoms with van der Waals surface area (Å²) >= 11 is 1.57. The molecule has 2 aromatic heterocycles. The number of thiazole rings is 1. The van der Waals surface area contributed by atoms with Crippen molar-refractivity contribution in [2.45, 2.75) is 19.4 Å². The average Bonchev–Trinajstić information content (AvgIpc) is 3.43. The van der Waals surface area contributed by atoms with Crippen LogP contribution >= 0.6 is 11.3 Å². The number of nitrogens with zero attached hydrogens (tertiary/aromatic N) is 2. The second kappa shape index (κ2) is 9.84. The van der Waals surface area contributed by atoms with Gasteiger partial charge in [-0.05, 0) is 43.2 Å². The summed E-state index contributed by atoms with van der Waals surface area (Å²) < 4.78 is 35.5. The number of rotatable bonds is 9. The highest BCUT2D eigenvalue weighted by molar-refractivity contribution is 7.73. The van der Waals surface area contributed by atoms with Crippen LogP contribution in [0.5, 0.6) is 5.75 Å². The van der Waals surface area contributed by atoms with E-state index in [1.165, 1.54) is 0 Å².